The van der Waals surface area contributed by atoms with Crippen molar-refractivity contribution in [3.05, 3.63) is 29.8 Å². The maximum absolute atomic E-state index is 12.6. The first kappa shape index (κ1) is 14.4. The van der Waals surface area contributed by atoms with Gasteiger partial charge in [-0.25, -0.2) is 0 Å². The van der Waals surface area contributed by atoms with Crippen LogP contribution in [0.1, 0.15) is 43.0 Å². The summed E-state index contributed by atoms with van der Waals surface area (Å²) < 4.78 is 5.99. The molecule has 1 heterocycles. The molecular weight excluding hydrogens is 264 g/mol. The Bertz CT molecular complexity index is 497. The van der Waals surface area contributed by atoms with Crippen LogP contribution in [0.15, 0.2) is 24.3 Å². The first-order chi connectivity index (χ1) is 10.2. The Kier molecular flexibility index (Phi) is 4.44. The highest BCUT2D eigenvalue weighted by Crippen LogP contribution is 2.25. The third-order valence-electron chi connectivity index (χ3n) is 4.34. The normalized spacial score (nSPS) is 23.3. The van der Waals surface area contributed by atoms with Gasteiger partial charge in [-0.05, 0) is 50.8 Å². The lowest BCUT2D eigenvalue weighted by molar-refractivity contribution is 0.0708. The van der Waals surface area contributed by atoms with Gasteiger partial charge in [0.2, 0.25) is 0 Å². The smallest absolute Gasteiger partial charge is 0.254 e. The van der Waals surface area contributed by atoms with E-state index < -0.39 is 0 Å². The zero-order valence-electron chi connectivity index (χ0n) is 12.7. The fraction of sp³-hybridized carbons (Fsp3) is 0.588. The standard InChI is InChI=1S/C17H24N2O2/c1-13-12-19(10-9-18-13)17(20)14-5-4-8-16(11-14)21-15-6-2-3-7-15/h4-5,8,11,13,15,18H,2-3,6-7,9-10,12H2,1H3. The van der Waals surface area contributed by atoms with Crippen molar-refractivity contribution >= 4 is 5.91 Å². The van der Waals surface area contributed by atoms with E-state index in [-0.39, 0.29) is 5.91 Å². The minimum absolute atomic E-state index is 0.111. The van der Waals surface area contributed by atoms with Crippen LogP contribution in [0, 0.1) is 0 Å². The summed E-state index contributed by atoms with van der Waals surface area (Å²) in [7, 11) is 0. The molecule has 0 aromatic heterocycles. The third kappa shape index (κ3) is 3.56. The molecule has 2 aliphatic rings. The van der Waals surface area contributed by atoms with Crippen LogP contribution in [-0.4, -0.2) is 42.6 Å². The van der Waals surface area contributed by atoms with Gasteiger partial charge < -0.3 is 15.0 Å². The largest absolute Gasteiger partial charge is 0.490 e. The van der Waals surface area contributed by atoms with Crippen molar-refractivity contribution in [2.75, 3.05) is 19.6 Å². The average Bonchev–Trinajstić information content (AvgIpc) is 3.00. The average molecular weight is 288 g/mol. The minimum Gasteiger partial charge on any atom is -0.490 e. The van der Waals surface area contributed by atoms with Crippen molar-refractivity contribution in [1.29, 1.82) is 0 Å². The van der Waals surface area contributed by atoms with Crippen molar-refractivity contribution in [2.45, 2.75) is 44.8 Å². The highest BCUT2D eigenvalue weighted by atomic mass is 16.5. The molecule has 1 N–H and O–H groups in total. The molecule has 2 fully saturated rings. The van der Waals surface area contributed by atoms with E-state index in [1.807, 2.05) is 29.2 Å². The Labute approximate surface area is 126 Å². The quantitative estimate of drug-likeness (QED) is 0.929. The van der Waals surface area contributed by atoms with Crippen molar-refractivity contribution in [1.82, 2.24) is 10.2 Å². The monoisotopic (exact) mass is 288 g/mol. The molecule has 1 amide bonds. The molecule has 4 nitrogen and oxygen atoms in total. The van der Waals surface area contributed by atoms with Crippen LogP contribution in [0.2, 0.25) is 0 Å². The highest BCUT2D eigenvalue weighted by molar-refractivity contribution is 5.94. The molecule has 1 aliphatic carbocycles. The second kappa shape index (κ2) is 6.48. The molecule has 0 bridgehead atoms. The second-order valence-electron chi connectivity index (χ2n) is 6.16. The molecule has 21 heavy (non-hydrogen) atoms. The number of amides is 1. The van der Waals surface area contributed by atoms with Gasteiger partial charge in [0.15, 0.2) is 0 Å². The molecule has 114 valence electrons. The van der Waals surface area contributed by atoms with E-state index >= 15 is 0 Å². The number of piperazine rings is 1. The number of hydrogen-bond acceptors (Lipinski definition) is 3. The fourth-order valence-electron chi connectivity index (χ4n) is 3.20. The fourth-order valence-corrected chi connectivity index (χ4v) is 3.20. The van der Waals surface area contributed by atoms with Gasteiger partial charge >= 0.3 is 0 Å². The summed E-state index contributed by atoms with van der Waals surface area (Å²) in [6, 6.07) is 8.02. The molecule has 4 heteroatoms. The predicted octanol–water partition coefficient (Wildman–Crippen LogP) is 2.44. The van der Waals surface area contributed by atoms with Gasteiger partial charge in [-0.3, -0.25) is 4.79 Å². The number of carbonyl (C=O) groups excluding carboxylic acids is 1. The number of ether oxygens (including phenoxy) is 1. The molecule has 0 spiro atoms. The van der Waals surface area contributed by atoms with E-state index in [2.05, 4.69) is 12.2 Å². The van der Waals surface area contributed by atoms with Crippen LogP contribution >= 0.6 is 0 Å². The van der Waals surface area contributed by atoms with Gasteiger partial charge in [0.1, 0.15) is 5.75 Å². The third-order valence-corrected chi connectivity index (χ3v) is 4.34. The van der Waals surface area contributed by atoms with Crippen molar-refractivity contribution in [2.24, 2.45) is 0 Å². The summed E-state index contributed by atoms with van der Waals surface area (Å²) in [4.78, 5) is 14.5. The maximum Gasteiger partial charge on any atom is 0.254 e. The number of hydrogen-bond donors (Lipinski definition) is 1. The number of carbonyl (C=O) groups is 1. The van der Waals surface area contributed by atoms with E-state index in [9.17, 15) is 4.79 Å². The number of rotatable bonds is 3. The van der Waals surface area contributed by atoms with Crippen LogP contribution in [0.3, 0.4) is 0 Å². The summed E-state index contributed by atoms with van der Waals surface area (Å²) in [5, 5.41) is 3.36. The van der Waals surface area contributed by atoms with Crippen LogP contribution in [0.4, 0.5) is 0 Å². The van der Waals surface area contributed by atoms with Crippen LogP contribution in [0.25, 0.3) is 0 Å². The van der Waals surface area contributed by atoms with Crippen molar-refractivity contribution in [3.8, 4) is 5.75 Å². The van der Waals surface area contributed by atoms with Gasteiger partial charge in [-0.15, -0.1) is 0 Å². The van der Waals surface area contributed by atoms with E-state index in [4.69, 9.17) is 4.74 Å². The number of nitrogens with one attached hydrogen (secondary N) is 1. The SMILES string of the molecule is CC1CN(C(=O)c2cccc(OC3CCCC3)c2)CCN1. The van der Waals surface area contributed by atoms with Gasteiger partial charge in [-0.2, -0.15) is 0 Å². The van der Waals surface area contributed by atoms with E-state index in [1.54, 1.807) is 0 Å². The zero-order chi connectivity index (χ0) is 14.7. The molecule has 1 atom stereocenters. The first-order valence-corrected chi connectivity index (χ1v) is 8.02. The molecule has 1 saturated heterocycles. The summed E-state index contributed by atoms with van der Waals surface area (Å²) in [5.74, 6) is 0.941. The van der Waals surface area contributed by atoms with Crippen molar-refractivity contribution in [3.63, 3.8) is 0 Å². The predicted molar refractivity (Wildman–Crippen MR) is 82.7 cm³/mol. The molecular formula is C17H24N2O2. The van der Waals surface area contributed by atoms with Gasteiger partial charge in [0.25, 0.3) is 5.91 Å². The Morgan fingerprint density at radius 1 is 1.33 bits per heavy atom. The van der Waals surface area contributed by atoms with Gasteiger partial charge in [0, 0.05) is 31.2 Å². The van der Waals surface area contributed by atoms with E-state index in [0.29, 0.717) is 12.1 Å². The Balaban J connectivity index is 1.68. The Hall–Kier alpha value is -1.55. The molecule has 3 rings (SSSR count). The zero-order valence-corrected chi connectivity index (χ0v) is 12.7. The van der Waals surface area contributed by atoms with Crippen molar-refractivity contribution < 1.29 is 9.53 Å². The van der Waals surface area contributed by atoms with E-state index in [0.717, 1.165) is 43.8 Å². The van der Waals surface area contributed by atoms with Crippen LogP contribution in [0.5, 0.6) is 5.75 Å². The highest BCUT2D eigenvalue weighted by Gasteiger charge is 2.22. The second-order valence-corrected chi connectivity index (χ2v) is 6.16. The summed E-state index contributed by atoms with van der Waals surface area (Å²) in [5.41, 5.74) is 0.736. The first-order valence-electron chi connectivity index (χ1n) is 8.02. The number of benzene rings is 1. The lowest BCUT2D eigenvalue weighted by Crippen LogP contribution is -2.51. The molecule has 0 radical (unpaired) electrons. The summed E-state index contributed by atoms with van der Waals surface area (Å²) in [6.07, 6.45) is 5.10. The van der Waals surface area contributed by atoms with Gasteiger partial charge in [0.05, 0.1) is 6.10 Å². The van der Waals surface area contributed by atoms with E-state index in [1.165, 1.54) is 12.8 Å². The molecule has 1 aromatic carbocycles. The Morgan fingerprint density at radius 3 is 2.90 bits per heavy atom. The lowest BCUT2D eigenvalue weighted by atomic mass is 10.1. The molecule has 1 aliphatic heterocycles. The molecule has 1 unspecified atom stereocenters. The number of nitrogens with zero attached hydrogens (tertiary/aromatic N) is 1. The summed E-state index contributed by atoms with van der Waals surface area (Å²) >= 11 is 0. The lowest BCUT2D eigenvalue weighted by Gasteiger charge is -2.32. The van der Waals surface area contributed by atoms with Gasteiger partial charge in [-0.1, -0.05) is 6.07 Å². The summed E-state index contributed by atoms with van der Waals surface area (Å²) in [6.45, 7) is 4.52. The molecule has 1 saturated carbocycles. The minimum atomic E-state index is 0.111. The Morgan fingerprint density at radius 2 is 2.14 bits per heavy atom. The topological polar surface area (TPSA) is 41.6 Å². The van der Waals surface area contributed by atoms with Crippen LogP contribution in [-0.2, 0) is 0 Å². The van der Waals surface area contributed by atoms with Crippen LogP contribution < -0.4 is 10.1 Å². The maximum atomic E-state index is 12.6. The molecule has 1 aromatic rings.